The fourth-order valence-corrected chi connectivity index (χ4v) is 8.07. The number of nitrogens with zero attached hydrogens (tertiary/aromatic N) is 4. The number of hydrogen-bond acceptors (Lipinski definition) is 8. The maximum atomic E-state index is 11.2. The molecule has 0 amide bonds. The summed E-state index contributed by atoms with van der Waals surface area (Å²) >= 11 is 0. The van der Waals surface area contributed by atoms with Crippen LogP contribution in [0.5, 0.6) is 0 Å². The minimum absolute atomic E-state index is 0. The molecule has 0 aromatic rings. The molecule has 0 aromatic carbocycles. The van der Waals surface area contributed by atoms with Gasteiger partial charge in [0.15, 0.2) is 0 Å². The Morgan fingerprint density at radius 1 is 0.463 bits per heavy atom. The van der Waals surface area contributed by atoms with Gasteiger partial charge in [-0.15, -0.1) is 0 Å². The minimum Gasteiger partial charge on any atom is -0.213 e. The fourth-order valence-electron chi connectivity index (χ4n) is 4.55. The van der Waals surface area contributed by atoms with Gasteiger partial charge in [-0.1, -0.05) is 40.5 Å². The molecule has 0 N–H and O–H groups in total. The van der Waals surface area contributed by atoms with Crippen molar-refractivity contribution in [2.24, 2.45) is 0 Å². The largest absolute Gasteiger partial charge is 0.213 e. The van der Waals surface area contributed by atoms with E-state index in [1.807, 2.05) is 0 Å². The number of rotatable bonds is 5. The third kappa shape index (κ3) is 17.5. The van der Waals surface area contributed by atoms with E-state index >= 15 is 0 Å². The van der Waals surface area contributed by atoms with Crippen LogP contribution in [0.2, 0.25) is 0 Å². The van der Waals surface area contributed by atoms with Gasteiger partial charge < -0.3 is 0 Å². The first kappa shape index (κ1) is 42.8. The summed E-state index contributed by atoms with van der Waals surface area (Å²) in [5, 5.41) is 0. The Morgan fingerprint density at radius 2 is 0.732 bits per heavy atom. The molecular formula is C25H58N4O8S4. The molecular weight excluding hydrogens is 613 g/mol. The van der Waals surface area contributed by atoms with E-state index in [2.05, 4.69) is 0 Å². The van der Waals surface area contributed by atoms with Crippen molar-refractivity contribution in [3.63, 3.8) is 0 Å². The van der Waals surface area contributed by atoms with E-state index in [4.69, 9.17) is 0 Å². The summed E-state index contributed by atoms with van der Waals surface area (Å²) < 4.78 is 92.8. The Morgan fingerprint density at radius 3 is 0.951 bits per heavy atom. The zero-order valence-electron chi connectivity index (χ0n) is 24.3. The number of sulfonamides is 4. The van der Waals surface area contributed by atoms with Gasteiger partial charge in [-0.2, -0.15) is 0 Å². The SMILES string of the molecule is C.C.CN(C1CCCCC1)S(C)(=O)=O.CS(=O)(=O)N1CCC1.CS(=O)(=O)N1CCCC1.CS(=O)(=O)N1CCCCC1. The highest BCUT2D eigenvalue weighted by Gasteiger charge is 2.24. The lowest BCUT2D eigenvalue weighted by Gasteiger charge is -2.29. The molecule has 0 unspecified atom stereocenters. The van der Waals surface area contributed by atoms with Crippen LogP contribution < -0.4 is 0 Å². The Kier molecular flexibility index (Phi) is 19.9. The Balaban J connectivity index is 0. The lowest BCUT2D eigenvalue weighted by Crippen LogP contribution is -2.41. The molecule has 0 aromatic heterocycles. The van der Waals surface area contributed by atoms with Crippen LogP contribution in [0.15, 0.2) is 0 Å². The van der Waals surface area contributed by atoms with Crippen molar-refractivity contribution in [1.29, 1.82) is 0 Å². The zero-order valence-corrected chi connectivity index (χ0v) is 27.6. The van der Waals surface area contributed by atoms with E-state index in [0.717, 1.165) is 84.2 Å². The van der Waals surface area contributed by atoms with Crippen molar-refractivity contribution < 1.29 is 33.7 Å². The van der Waals surface area contributed by atoms with Gasteiger partial charge in [-0.25, -0.2) is 50.9 Å². The molecule has 41 heavy (non-hydrogen) atoms. The zero-order chi connectivity index (χ0) is 29.9. The second-order valence-corrected chi connectivity index (χ2v) is 18.7. The molecule has 0 spiro atoms. The molecule has 0 radical (unpaired) electrons. The van der Waals surface area contributed by atoms with E-state index in [-0.39, 0.29) is 20.9 Å². The normalized spacial score (nSPS) is 21.3. The Bertz CT molecular complexity index is 1140. The van der Waals surface area contributed by atoms with E-state index in [0.29, 0.717) is 0 Å². The molecule has 1 aliphatic carbocycles. The summed E-state index contributed by atoms with van der Waals surface area (Å²) in [6.07, 6.45) is 17.0. The van der Waals surface area contributed by atoms with Crippen molar-refractivity contribution in [2.45, 2.75) is 91.5 Å². The van der Waals surface area contributed by atoms with Crippen LogP contribution in [0.4, 0.5) is 0 Å². The van der Waals surface area contributed by atoms with Crippen molar-refractivity contribution in [2.75, 3.05) is 71.3 Å². The van der Waals surface area contributed by atoms with E-state index in [1.165, 1.54) is 63.6 Å². The minimum atomic E-state index is -2.97. The molecule has 1 saturated carbocycles. The lowest BCUT2D eigenvalue weighted by atomic mass is 9.96. The quantitative estimate of drug-likeness (QED) is 0.433. The third-order valence-corrected chi connectivity index (χ3v) is 12.5. The first-order valence-electron chi connectivity index (χ1n) is 13.6. The van der Waals surface area contributed by atoms with Crippen molar-refractivity contribution in [1.82, 2.24) is 17.2 Å². The van der Waals surface area contributed by atoms with Gasteiger partial charge in [-0.3, -0.25) is 0 Å². The molecule has 4 fully saturated rings. The molecule has 3 heterocycles. The van der Waals surface area contributed by atoms with E-state index in [9.17, 15) is 33.7 Å². The van der Waals surface area contributed by atoms with Crippen molar-refractivity contribution >= 4 is 40.1 Å². The smallest absolute Gasteiger partial charge is 0.211 e. The first-order chi connectivity index (χ1) is 17.8. The molecule has 3 saturated heterocycles. The van der Waals surface area contributed by atoms with E-state index < -0.39 is 40.1 Å². The maximum Gasteiger partial charge on any atom is 0.211 e. The van der Waals surface area contributed by atoms with Crippen LogP contribution in [0, 0.1) is 0 Å². The summed E-state index contributed by atoms with van der Waals surface area (Å²) in [5.74, 6) is 0. The molecule has 4 rings (SSSR count). The van der Waals surface area contributed by atoms with Gasteiger partial charge in [0, 0.05) is 52.4 Å². The Labute approximate surface area is 253 Å². The first-order valence-corrected chi connectivity index (χ1v) is 21.0. The predicted molar refractivity (Wildman–Crippen MR) is 170 cm³/mol. The summed E-state index contributed by atoms with van der Waals surface area (Å²) in [5.41, 5.74) is 0. The highest BCUT2D eigenvalue weighted by Crippen LogP contribution is 2.22. The Hall–Kier alpha value is -0.360. The second kappa shape index (κ2) is 19.1. The van der Waals surface area contributed by atoms with Gasteiger partial charge in [0.2, 0.25) is 40.1 Å². The molecule has 16 heteroatoms. The monoisotopic (exact) mass is 670 g/mol. The molecule has 0 bridgehead atoms. The van der Waals surface area contributed by atoms with Crippen LogP contribution in [-0.4, -0.2) is 128 Å². The summed E-state index contributed by atoms with van der Waals surface area (Å²) in [6, 6.07) is 0.258. The average Bonchev–Trinajstić information content (AvgIpc) is 3.33. The molecule has 3 aliphatic heterocycles. The fraction of sp³-hybridized carbons (Fsp3) is 1.00. The molecule has 250 valence electrons. The summed E-state index contributed by atoms with van der Waals surface area (Å²) in [6.45, 7) is 4.33. The van der Waals surface area contributed by atoms with E-state index in [1.54, 1.807) is 11.4 Å². The van der Waals surface area contributed by atoms with Gasteiger partial charge >= 0.3 is 0 Å². The van der Waals surface area contributed by atoms with Gasteiger partial charge in [-0.05, 0) is 44.9 Å². The van der Waals surface area contributed by atoms with Gasteiger partial charge in [0.1, 0.15) is 0 Å². The predicted octanol–water partition coefficient (Wildman–Crippen LogP) is 2.61. The molecule has 4 aliphatic rings. The molecule has 0 atom stereocenters. The number of piperidine rings is 1. The lowest BCUT2D eigenvalue weighted by molar-refractivity contribution is 0.287. The summed E-state index contributed by atoms with van der Waals surface area (Å²) in [4.78, 5) is 0. The van der Waals surface area contributed by atoms with Crippen LogP contribution in [-0.2, 0) is 40.1 Å². The average molecular weight is 671 g/mol. The maximum absolute atomic E-state index is 11.2. The highest BCUT2D eigenvalue weighted by molar-refractivity contribution is 7.89. The van der Waals surface area contributed by atoms with Crippen molar-refractivity contribution in [3.05, 3.63) is 0 Å². The van der Waals surface area contributed by atoms with Crippen LogP contribution in [0.1, 0.15) is 85.5 Å². The van der Waals surface area contributed by atoms with Crippen LogP contribution in [0.3, 0.4) is 0 Å². The molecule has 12 nitrogen and oxygen atoms in total. The second-order valence-electron chi connectivity index (χ2n) is 10.7. The standard InChI is InChI=1S/C8H17NO2S.C6H13NO2S.C5H11NO2S.C4H9NO2S.2CH4/c1-9(12(2,10)11)8-6-4-3-5-7-8;1-10(8,9)7-5-3-2-4-6-7;1-9(7,8)6-4-2-3-5-6;1-8(6,7)5-3-2-4-5;;/h8H,3-7H2,1-2H3;2-6H2,1H3;2-5H2,1H3;2-4H2,1H3;2*1H4. The number of hydrogen-bond donors (Lipinski definition) is 0. The third-order valence-electron chi connectivity index (χ3n) is 7.21. The highest BCUT2D eigenvalue weighted by atomic mass is 32.2. The van der Waals surface area contributed by atoms with Gasteiger partial charge in [0.25, 0.3) is 0 Å². The van der Waals surface area contributed by atoms with Crippen LogP contribution in [0.25, 0.3) is 0 Å². The van der Waals surface area contributed by atoms with Crippen LogP contribution >= 0.6 is 0 Å². The summed E-state index contributed by atoms with van der Waals surface area (Å²) in [7, 11) is -9.88. The van der Waals surface area contributed by atoms with Gasteiger partial charge in [0.05, 0.1) is 25.0 Å². The van der Waals surface area contributed by atoms with Crippen molar-refractivity contribution in [3.8, 4) is 0 Å². The topological polar surface area (TPSA) is 150 Å².